The molecule has 0 fully saturated rings. The molecule has 0 aromatic rings. The molecule has 0 aromatic heterocycles. The van der Waals surface area contributed by atoms with Gasteiger partial charge in [0.25, 0.3) is 0 Å². The number of hydrogen-bond acceptors (Lipinski definition) is 2. The Balaban J connectivity index is 4.02. The Morgan fingerprint density at radius 1 is 1.50 bits per heavy atom. The number of rotatable bonds is 4. The van der Waals surface area contributed by atoms with Crippen molar-refractivity contribution in [1.29, 1.82) is 0 Å². The first-order chi connectivity index (χ1) is 5.54. The quantitative estimate of drug-likeness (QED) is 0.633. The fourth-order valence-electron chi connectivity index (χ4n) is 1.03. The summed E-state index contributed by atoms with van der Waals surface area (Å²) in [5.41, 5.74) is -1.05. The minimum absolute atomic E-state index is 0.108. The average molecular weight is 170 g/mol. The third-order valence-electron chi connectivity index (χ3n) is 2.26. The third kappa shape index (κ3) is 3.64. The van der Waals surface area contributed by atoms with Crippen LogP contribution in [-0.4, -0.2) is 15.8 Å². The summed E-state index contributed by atoms with van der Waals surface area (Å²) in [6.45, 7) is 5.69. The van der Waals surface area contributed by atoms with Crippen LogP contribution in [0.2, 0.25) is 0 Å². The Labute approximate surface area is 74.6 Å². The molecule has 0 aromatic carbocycles. The van der Waals surface area contributed by atoms with Gasteiger partial charge in [-0.05, 0) is 25.2 Å². The van der Waals surface area contributed by atoms with Gasteiger partial charge < -0.3 is 10.2 Å². The zero-order chi connectivity index (χ0) is 9.61. The molecule has 0 amide bonds. The van der Waals surface area contributed by atoms with Crippen LogP contribution < -0.4 is 0 Å². The van der Waals surface area contributed by atoms with E-state index in [1.165, 1.54) is 0 Å². The van der Waals surface area contributed by atoms with Crippen molar-refractivity contribution in [1.82, 2.24) is 0 Å². The van der Waals surface area contributed by atoms with E-state index in [1.807, 2.05) is 6.92 Å². The average Bonchev–Trinajstić information content (AvgIpc) is 2.00. The maximum atomic E-state index is 9.68. The Kier molecular flexibility index (Phi) is 4.77. The molecule has 0 radical (unpaired) electrons. The highest BCUT2D eigenvalue weighted by Crippen LogP contribution is 2.21. The molecule has 0 spiro atoms. The smallest absolute Gasteiger partial charge is 0.128 e. The van der Waals surface area contributed by atoms with Gasteiger partial charge in [-0.15, -0.1) is 0 Å². The molecule has 2 nitrogen and oxygen atoms in total. The van der Waals surface area contributed by atoms with Gasteiger partial charge in [0.2, 0.25) is 0 Å². The van der Waals surface area contributed by atoms with Gasteiger partial charge >= 0.3 is 0 Å². The van der Waals surface area contributed by atoms with E-state index in [9.17, 15) is 5.11 Å². The van der Waals surface area contributed by atoms with Gasteiger partial charge in [0, 0.05) is 0 Å². The summed E-state index contributed by atoms with van der Waals surface area (Å²) in [5.74, 6) is 2.50. The van der Waals surface area contributed by atoms with E-state index in [0.717, 1.165) is 19.3 Å². The van der Waals surface area contributed by atoms with E-state index < -0.39 is 5.60 Å². The number of unbranched alkanes of at least 4 members (excludes halogenated alkanes) is 1. The molecule has 70 valence electrons. The van der Waals surface area contributed by atoms with Crippen LogP contribution in [-0.2, 0) is 0 Å². The Hall–Kier alpha value is -0.680. The Morgan fingerprint density at radius 3 is 2.50 bits per heavy atom. The molecule has 0 aliphatic rings. The minimum Gasteiger partial charge on any atom is -0.462 e. The molecule has 0 unspecified atom stereocenters. The van der Waals surface area contributed by atoms with Crippen LogP contribution in [0.1, 0.15) is 40.0 Å². The lowest BCUT2D eigenvalue weighted by molar-refractivity contribution is 0.0584. The van der Waals surface area contributed by atoms with E-state index in [4.69, 9.17) is 5.11 Å². The normalized spacial score (nSPS) is 17.3. The molecule has 0 saturated heterocycles. The monoisotopic (exact) mass is 170 g/mol. The first kappa shape index (κ1) is 11.3. The highest BCUT2D eigenvalue weighted by atomic mass is 16.3. The molecule has 0 saturated carbocycles. The van der Waals surface area contributed by atoms with Crippen molar-refractivity contribution in [2.45, 2.75) is 45.6 Å². The summed E-state index contributed by atoms with van der Waals surface area (Å²) in [6, 6.07) is 0. The van der Waals surface area contributed by atoms with Crippen LogP contribution in [0, 0.1) is 17.9 Å². The van der Waals surface area contributed by atoms with Crippen LogP contribution >= 0.6 is 0 Å². The van der Waals surface area contributed by atoms with E-state index in [-0.39, 0.29) is 5.92 Å². The largest absolute Gasteiger partial charge is 0.462 e. The number of aliphatic hydroxyl groups excluding tert-OH is 1. The maximum absolute atomic E-state index is 9.68. The molecular weight excluding hydrogens is 152 g/mol. The fraction of sp³-hybridized carbons (Fsp3) is 0.800. The van der Waals surface area contributed by atoms with Crippen molar-refractivity contribution < 1.29 is 10.2 Å². The lowest BCUT2D eigenvalue weighted by Crippen LogP contribution is -2.30. The Morgan fingerprint density at radius 2 is 2.08 bits per heavy atom. The summed E-state index contributed by atoms with van der Waals surface area (Å²) in [7, 11) is 0. The van der Waals surface area contributed by atoms with Gasteiger partial charge in [-0.2, -0.15) is 0 Å². The van der Waals surface area contributed by atoms with Gasteiger partial charge in [-0.3, -0.25) is 0 Å². The van der Waals surface area contributed by atoms with E-state index in [1.54, 1.807) is 13.0 Å². The van der Waals surface area contributed by atoms with E-state index >= 15 is 0 Å². The Bertz CT molecular complexity index is 174. The highest BCUT2D eigenvalue weighted by molar-refractivity contribution is 5.09. The lowest BCUT2D eigenvalue weighted by Gasteiger charge is -2.24. The zero-order valence-electron chi connectivity index (χ0n) is 8.09. The van der Waals surface area contributed by atoms with Gasteiger partial charge in [-0.25, -0.2) is 0 Å². The van der Waals surface area contributed by atoms with Crippen molar-refractivity contribution in [3.05, 3.63) is 0 Å². The molecule has 0 heterocycles. The molecule has 2 heteroatoms. The molecule has 0 rings (SSSR count). The topological polar surface area (TPSA) is 40.5 Å². The highest BCUT2D eigenvalue weighted by Gasteiger charge is 2.25. The molecular formula is C10H18O2. The van der Waals surface area contributed by atoms with Gasteiger partial charge in [-0.1, -0.05) is 26.7 Å². The fourth-order valence-corrected chi connectivity index (χ4v) is 1.03. The van der Waals surface area contributed by atoms with Crippen LogP contribution in [0.15, 0.2) is 0 Å². The van der Waals surface area contributed by atoms with Crippen molar-refractivity contribution in [3.8, 4) is 12.0 Å². The molecule has 12 heavy (non-hydrogen) atoms. The molecule has 2 N–H and O–H groups in total. The van der Waals surface area contributed by atoms with Crippen molar-refractivity contribution in [2.75, 3.05) is 0 Å². The summed E-state index contributed by atoms with van der Waals surface area (Å²) in [6.07, 6.45) is 4.91. The standard InChI is InChI=1S/C10H18O2/c1-4-5-6-9(2)10(3,12)7-8-11/h9,11-12H,4-6H2,1-3H3/t9-,10-/m1/s1. The summed E-state index contributed by atoms with van der Waals surface area (Å²) >= 11 is 0. The SMILES string of the molecule is CCCC[C@@H](C)[C@](C)(O)C#CO. The minimum atomic E-state index is -1.05. The van der Waals surface area contributed by atoms with Gasteiger partial charge in [0.05, 0.1) is 0 Å². The van der Waals surface area contributed by atoms with Crippen molar-refractivity contribution in [3.63, 3.8) is 0 Å². The van der Waals surface area contributed by atoms with Crippen LogP contribution in [0.5, 0.6) is 0 Å². The predicted octanol–water partition coefficient (Wildman–Crippen LogP) is 1.90. The molecule has 2 atom stereocenters. The third-order valence-corrected chi connectivity index (χ3v) is 2.26. The van der Waals surface area contributed by atoms with Crippen molar-refractivity contribution in [2.24, 2.45) is 5.92 Å². The first-order valence-corrected chi connectivity index (χ1v) is 4.43. The number of aliphatic hydroxyl groups is 2. The molecule has 0 bridgehead atoms. The van der Waals surface area contributed by atoms with Gasteiger partial charge in [0.1, 0.15) is 11.7 Å². The first-order valence-electron chi connectivity index (χ1n) is 4.43. The van der Waals surface area contributed by atoms with Crippen LogP contribution in [0.25, 0.3) is 0 Å². The van der Waals surface area contributed by atoms with Crippen LogP contribution in [0.4, 0.5) is 0 Å². The zero-order valence-corrected chi connectivity index (χ0v) is 8.09. The summed E-state index contributed by atoms with van der Waals surface area (Å²) in [5, 5.41) is 18.0. The molecule has 0 aliphatic carbocycles. The van der Waals surface area contributed by atoms with E-state index in [2.05, 4.69) is 12.8 Å². The second kappa shape index (κ2) is 5.05. The second-order valence-corrected chi connectivity index (χ2v) is 3.43. The summed E-state index contributed by atoms with van der Waals surface area (Å²) in [4.78, 5) is 0. The predicted molar refractivity (Wildman–Crippen MR) is 49.0 cm³/mol. The second-order valence-electron chi connectivity index (χ2n) is 3.43. The van der Waals surface area contributed by atoms with E-state index in [0.29, 0.717) is 0 Å². The summed E-state index contributed by atoms with van der Waals surface area (Å²) < 4.78 is 0. The van der Waals surface area contributed by atoms with Crippen LogP contribution in [0.3, 0.4) is 0 Å². The lowest BCUT2D eigenvalue weighted by atomic mass is 9.87. The van der Waals surface area contributed by atoms with Crippen molar-refractivity contribution >= 4 is 0 Å². The maximum Gasteiger partial charge on any atom is 0.128 e. The number of hydrogen-bond donors (Lipinski definition) is 2. The molecule has 0 aliphatic heterocycles. The van der Waals surface area contributed by atoms with Gasteiger partial charge in [0.15, 0.2) is 0 Å².